The third-order valence-corrected chi connectivity index (χ3v) is 2.91. The summed E-state index contributed by atoms with van der Waals surface area (Å²) in [5, 5.41) is 13.9. The average molecular weight is 213 g/mol. The number of hydrogen-bond acceptors (Lipinski definition) is 4. The second kappa shape index (κ2) is 6.09. The topological polar surface area (TPSA) is 37.8 Å². The Bertz CT molecular complexity index is 258. The van der Waals surface area contributed by atoms with E-state index in [1.54, 1.807) is 11.3 Å². The lowest BCUT2D eigenvalue weighted by Crippen LogP contribution is -2.08. The number of aromatic nitrogens is 2. The van der Waals surface area contributed by atoms with Crippen molar-refractivity contribution in [2.75, 3.05) is 13.6 Å². The molecule has 0 aromatic carbocycles. The molecule has 0 radical (unpaired) electrons. The predicted molar refractivity (Wildman–Crippen MR) is 60.7 cm³/mol. The van der Waals surface area contributed by atoms with Crippen LogP contribution in [0.1, 0.15) is 30.3 Å². The molecule has 0 fully saturated rings. The van der Waals surface area contributed by atoms with Gasteiger partial charge in [0.25, 0.3) is 0 Å². The SMILES string of the molecule is CNCCCc1nnc(CC(C)C)s1. The molecule has 0 amide bonds. The van der Waals surface area contributed by atoms with E-state index in [1.807, 2.05) is 7.05 Å². The summed E-state index contributed by atoms with van der Waals surface area (Å²) in [4.78, 5) is 0. The van der Waals surface area contributed by atoms with Crippen LogP contribution in [0.2, 0.25) is 0 Å². The molecule has 1 N–H and O–H groups in total. The molecule has 3 nitrogen and oxygen atoms in total. The Morgan fingerprint density at radius 3 is 2.64 bits per heavy atom. The maximum atomic E-state index is 4.18. The van der Waals surface area contributed by atoms with Crippen molar-refractivity contribution in [2.24, 2.45) is 5.92 Å². The molecule has 1 heterocycles. The first-order valence-corrected chi connectivity index (χ1v) is 6.00. The quantitative estimate of drug-likeness (QED) is 0.733. The minimum absolute atomic E-state index is 0.674. The zero-order valence-electron chi connectivity index (χ0n) is 9.21. The van der Waals surface area contributed by atoms with Gasteiger partial charge < -0.3 is 5.32 Å². The van der Waals surface area contributed by atoms with Gasteiger partial charge in [-0.05, 0) is 25.9 Å². The van der Waals surface area contributed by atoms with Crippen molar-refractivity contribution in [2.45, 2.75) is 33.1 Å². The first-order valence-electron chi connectivity index (χ1n) is 5.18. The Kier molecular flexibility index (Phi) is 5.04. The van der Waals surface area contributed by atoms with Crippen LogP contribution in [0, 0.1) is 5.92 Å². The van der Waals surface area contributed by atoms with Crippen LogP contribution in [0.5, 0.6) is 0 Å². The zero-order chi connectivity index (χ0) is 10.4. The van der Waals surface area contributed by atoms with Crippen molar-refractivity contribution in [3.63, 3.8) is 0 Å². The summed E-state index contributed by atoms with van der Waals surface area (Å²) < 4.78 is 0. The van der Waals surface area contributed by atoms with E-state index in [4.69, 9.17) is 0 Å². The lowest BCUT2D eigenvalue weighted by Gasteiger charge is -1.97. The molecule has 0 saturated carbocycles. The Morgan fingerprint density at radius 2 is 2.00 bits per heavy atom. The lowest BCUT2D eigenvalue weighted by atomic mass is 10.1. The molecule has 0 atom stereocenters. The van der Waals surface area contributed by atoms with Gasteiger partial charge in [0, 0.05) is 12.8 Å². The Hall–Kier alpha value is -0.480. The van der Waals surface area contributed by atoms with Crippen LogP contribution in [-0.2, 0) is 12.8 Å². The van der Waals surface area contributed by atoms with Gasteiger partial charge in [0.05, 0.1) is 0 Å². The van der Waals surface area contributed by atoms with Crippen molar-refractivity contribution in [1.82, 2.24) is 15.5 Å². The summed E-state index contributed by atoms with van der Waals surface area (Å²) in [6, 6.07) is 0. The fourth-order valence-electron chi connectivity index (χ4n) is 1.24. The summed E-state index contributed by atoms with van der Waals surface area (Å²) in [6.07, 6.45) is 3.26. The minimum atomic E-state index is 0.674. The van der Waals surface area contributed by atoms with E-state index in [0.717, 1.165) is 25.8 Å². The van der Waals surface area contributed by atoms with Crippen molar-refractivity contribution >= 4 is 11.3 Å². The summed E-state index contributed by atoms with van der Waals surface area (Å²) >= 11 is 1.76. The Balaban J connectivity index is 2.35. The normalized spacial score (nSPS) is 11.1. The third kappa shape index (κ3) is 4.15. The summed E-state index contributed by atoms with van der Waals surface area (Å²) in [6.45, 7) is 5.48. The molecule has 1 rings (SSSR count). The second-order valence-electron chi connectivity index (χ2n) is 3.89. The van der Waals surface area contributed by atoms with Gasteiger partial charge in [0.15, 0.2) is 0 Å². The van der Waals surface area contributed by atoms with Crippen LogP contribution in [0.3, 0.4) is 0 Å². The lowest BCUT2D eigenvalue weighted by molar-refractivity contribution is 0.639. The molecular formula is C10H19N3S. The standard InChI is InChI=1S/C10H19N3S/c1-8(2)7-10-13-12-9(14-10)5-4-6-11-3/h8,11H,4-7H2,1-3H3. The van der Waals surface area contributed by atoms with Gasteiger partial charge in [-0.1, -0.05) is 13.8 Å². The van der Waals surface area contributed by atoms with E-state index in [0.29, 0.717) is 5.92 Å². The van der Waals surface area contributed by atoms with Crippen molar-refractivity contribution in [1.29, 1.82) is 0 Å². The first kappa shape index (κ1) is 11.6. The molecular weight excluding hydrogens is 194 g/mol. The average Bonchev–Trinajstić information content (AvgIpc) is 2.52. The number of hydrogen-bond donors (Lipinski definition) is 1. The van der Waals surface area contributed by atoms with E-state index in [2.05, 4.69) is 29.4 Å². The molecule has 0 spiro atoms. The maximum absolute atomic E-state index is 4.18. The van der Waals surface area contributed by atoms with Crippen molar-refractivity contribution < 1.29 is 0 Å². The monoisotopic (exact) mass is 213 g/mol. The highest BCUT2D eigenvalue weighted by Crippen LogP contribution is 2.14. The van der Waals surface area contributed by atoms with Gasteiger partial charge in [-0.25, -0.2) is 0 Å². The van der Waals surface area contributed by atoms with E-state index >= 15 is 0 Å². The summed E-state index contributed by atoms with van der Waals surface area (Å²) in [5.41, 5.74) is 0. The second-order valence-corrected chi connectivity index (χ2v) is 5.04. The highest BCUT2D eigenvalue weighted by atomic mass is 32.1. The van der Waals surface area contributed by atoms with Gasteiger partial charge in [-0.3, -0.25) is 0 Å². The molecule has 0 saturated heterocycles. The Labute approximate surface area is 89.9 Å². The first-order chi connectivity index (χ1) is 6.72. The maximum Gasteiger partial charge on any atom is 0.117 e. The molecule has 80 valence electrons. The van der Waals surface area contributed by atoms with Crippen LogP contribution in [0.4, 0.5) is 0 Å². The summed E-state index contributed by atoms with van der Waals surface area (Å²) in [5.74, 6) is 0.674. The molecule has 1 aromatic heterocycles. The van der Waals surface area contributed by atoms with Crippen LogP contribution >= 0.6 is 11.3 Å². The van der Waals surface area contributed by atoms with Crippen molar-refractivity contribution in [3.8, 4) is 0 Å². The minimum Gasteiger partial charge on any atom is -0.320 e. The molecule has 0 aliphatic carbocycles. The van der Waals surface area contributed by atoms with Crippen molar-refractivity contribution in [3.05, 3.63) is 10.0 Å². The van der Waals surface area contributed by atoms with Gasteiger partial charge >= 0.3 is 0 Å². The van der Waals surface area contributed by atoms with E-state index in [9.17, 15) is 0 Å². The summed E-state index contributed by atoms with van der Waals surface area (Å²) in [7, 11) is 1.98. The zero-order valence-corrected chi connectivity index (χ0v) is 10.0. The molecule has 4 heteroatoms. The number of nitrogens with zero attached hydrogens (tertiary/aromatic N) is 2. The highest BCUT2D eigenvalue weighted by Gasteiger charge is 2.05. The van der Waals surface area contributed by atoms with Gasteiger partial charge in [-0.15, -0.1) is 21.5 Å². The fraction of sp³-hybridized carbons (Fsp3) is 0.800. The number of rotatable bonds is 6. The van der Waals surface area contributed by atoms with E-state index < -0.39 is 0 Å². The van der Waals surface area contributed by atoms with E-state index in [1.165, 1.54) is 10.0 Å². The van der Waals surface area contributed by atoms with Gasteiger partial charge in [0.2, 0.25) is 0 Å². The number of aryl methyl sites for hydroxylation is 1. The smallest absolute Gasteiger partial charge is 0.117 e. The largest absolute Gasteiger partial charge is 0.320 e. The molecule has 0 unspecified atom stereocenters. The van der Waals surface area contributed by atoms with Gasteiger partial charge in [-0.2, -0.15) is 0 Å². The number of nitrogens with one attached hydrogen (secondary N) is 1. The molecule has 0 aliphatic heterocycles. The molecule has 0 aliphatic rings. The third-order valence-electron chi connectivity index (χ3n) is 1.91. The highest BCUT2D eigenvalue weighted by molar-refractivity contribution is 7.11. The molecule has 0 bridgehead atoms. The fourth-order valence-corrected chi connectivity index (χ4v) is 2.34. The predicted octanol–water partition coefficient (Wildman–Crippen LogP) is 1.89. The van der Waals surface area contributed by atoms with Crippen LogP contribution < -0.4 is 5.32 Å². The molecule has 14 heavy (non-hydrogen) atoms. The van der Waals surface area contributed by atoms with Crippen LogP contribution in [0.15, 0.2) is 0 Å². The van der Waals surface area contributed by atoms with Gasteiger partial charge in [0.1, 0.15) is 10.0 Å². The van der Waals surface area contributed by atoms with Crippen LogP contribution in [-0.4, -0.2) is 23.8 Å². The van der Waals surface area contributed by atoms with E-state index in [-0.39, 0.29) is 0 Å². The van der Waals surface area contributed by atoms with Crippen LogP contribution in [0.25, 0.3) is 0 Å². The Morgan fingerprint density at radius 1 is 1.29 bits per heavy atom. The molecule has 1 aromatic rings.